The van der Waals surface area contributed by atoms with Crippen molar-refractivity contribution in [1.29, 1.82) is 0 Å². The van der Waals surface area contributed by atoms with E-state index < -0.39 is 5.54 Å². The Labute approximate surface area is 124 Å². The van der Waals surface area contributed by atoms with Crippen LogP contribution in [0.2, 0.25) is 0 Å². The highest BCUT2D eigenvalue weighted by Gasteiger charge is 2.46. The van der Waals surface area contributed by atoms with Crippen LogP contribution in [0.1, 0.15) is 25.8 Å². The Morgan fingerprint density at radius 1 is 1.38 bits per heavy atom. The average molecular weight is 291 g/mol. The second-order valence-corrected chi connectivity index (χ2v) is 5.27. The molecule has 1 heterocycles. The Balaban J connectivity index is 1.91. The van der Waals surface area contributed by atoms with E-state index >= 15 is 0 Å². The molecule has 3 N–H and O–H groups in total. The third-order valence-electron chi connectivity index (χ3n) is 3.77. The van der Waals surface area contributed by atoms with Crippen molar-refractivity contribution < 1.29 is 14.3 Å². The van der Waals surface area contributed by atoms with E-state index in [-0.39, 0.29) is 25.1 Å². The third kappa shape index (κ3) is 3.16. The Morgan fingerprint density at radius 2 is 2.14 bits per heavy atom. The van der Waals surface area contributed by atoms with Crippen molar-refractivity contribution in [1.82, 2.24) is 10.2 Å². The van der Waals surface area contributed by atoms with Crippen LogP contribution in [0.25, 0.3) is 0 Å². The summed E-state index contributed by atoms with van der Waals surface area (Å²) in [4.78, 5) is 25.2. The standard InChI is InChI=1S/C15H21N3O3/c1-3-15(2)13(19)18(14(20)17-15)7-8-21-12-6-4-5-11(9-12)10-16/h4-6,9H,3,7-8,10,16H2,1-2H3,(H,17,20). The lowest BCUT2D eigenvalue weighted by atomic mass is 9.99. The van der Waals surface area contributed by atoms with E-state index in [1.807, 2.05) is 31.2 Å². The van der Waals surface area contributed by atoms with Crippen molar-refractivity contribution >= 4 is 11.9 Å². The molecule has 0 radical (unpaired) electrons. The first-order chi connectivity index (χ1) is 10.00. The molecule has 1 aromatic carbocycles. The van der Waals surface area contributed by atoms with Gasteiger partial charge in [-0.1, -0.05) is 19.1 Å². The number of hydrogen-bond acceptors (Lipinski definition) is 4. The molecule has 0 saturated carbocycles. The number of nitrogens with two attached hydrogens (primary N) is 1. The number of hydrogen-bond donors (Lipinski definition) is 2. The van der Waals surface area contributed by atoms with Crippen molar-refractivity contribution in [2.75, 3.05) is 13.2 Å². The summed E-state index contributed by atoms with van der Waals surface area (Å²) in [6.07, 6.45) is 0.563. The van der Waals surface area contributed by atoms with Gasteiger partial charge in [0.1, 0.15) is 17.9 Å². The molecule has 1 atom stereocenters. The molecule has 1 saturated heterocycles. The van der Waals surface area contributed by atoms with E-state index in [2.05, 4.69) is 5.32 Å². The molecule has 1 unspecified atom stereocenters. The number of amides is 3. The zero-order chi connectivity index (χ0) is 15.5. The van der Waals surface area contributed by atoms with Gasteiger partial charge in [-0.15, -0.1) is 0 Å². The summed E-state index contributed by atoms with van der Waals surface area (Å²) in [7, 11) is 0. The summed E-state index contributed by atoms with van der Waals surface area (Å²) < 4.78 is 5.58. The Kier molecular flexibility index (Phi) is 4.47. The normalized spacial score (nSPS) is 21.6. The van der Waals surface area contributed by atoms with E-state index in [0.717, 1.165) is 5.56 Å². The molecule has 2 rings (SSSR count). The maximum absolute atomic E-state index is 12.2. The van der Waals surface area contributed by atoms with Crippen molar-refractivity contribution in [3.8, 4) is 5.75 Å². The smallest absolute Gasteiger partial charge is 0.325 e. The number of ether oxygens (including phenoxy) is 1. The number of benzene rings is 1. The number of imide groups is 1. The molecule has 0 aromatic heterocycles. The van der Waals surface area contributed by atoms with Crippen molar-refractivity contribution in [2.24, 2.45) is 5.73 Å². The second-order valence-electron chi connectivity index (χ2n) is 5.27. The number of rotatable bonds is 6. The second kappa shape index (κ2) is 6.13. The summed E-state index contributed by atoms with van der Waals surface area (Å²) in [5.74, 6) is 0.484. The predicted octanol–water partition coefficient (Wildman–Crippen LogP) is 1.24. The lowest BCUT2D eigenvalue weighted by molar-refractivity contribution is -0.131. The minimum absolute atomic E-state index is 0.200. The number of urea groups is 1. The third-order valence-corrected chi connectivity index (χ3v) is 3.77. The molecule has 1 aromatic rings. The van der Waals surface area contributed by atoms with E-state index in [1.165, 1.54) is 4.90 Å². The number of carbonyl (C=O) groups excluding carboxylic acids is 2. The van der Waals surface area contributed by atoms with Gasteiger partial charge in [-0.05, 0) is 31.0 Å². The van der Waals surface area contributed by atoms with Crippen molar-refractivity contribution in [3.63, 3.8) is 0 Å². The van der Waals surface area contributed by atoms with Crippen LogP contribution in [-0.2, 0) is 11.3 Å². The predicted molar refractivity (Wildman–Crippen MR) is 78.8 cm³/mol. The van der Waals surface area contributed by atoms with Crippen molar-refractivity contribution in [2.45, 2.75) is 32.4 Å². The van der Waals surface area contributed by atoms with Gasteiger partial charge in [-0.25, -0.2) is 4.79 Å². The van der Waals surface area contributed by atoms with Crippen LogP contribution in [0.4, 0.5) is 4.79 Å². The van der Waals surface area contributed by atoms with Crippen LogP contribution >= 0.6 is 0 Å². The summed E-state index contributed by atoms with van der Waals surface area (Å²) in [5, 5.41) is 2.71. The van der Waals surface area contributed by atoms with Gasteiger partial charge < -0.3 is 15.8 Å². The van der Waals surface area contributed by atoms with Gasteiger partial charge in [0, 0.05) is 6.54 Å². The fourth-order valence-corrected chi connectivity index (χ4v) is 2.21. The number of nitrogens with zero attached hydrogens (tertiary/aromatic N) is 1. The Morgan fingerprint density at radius 3 is 2.76 bits per heavy atom. The average Bonchev–Trinajstić information content (AvgIpc) is 2.71. The first kappa shape index (κ1) is 15.3. The van der Waals surface area contributed by atoms with Crippen LogP contribution < -0.4 is 15.8 Å². The monoisotopic (exact) mass is 291 g/mol. The largest absolute Gasteiger partial charge is 0.492 e. The molecular weight excluding hydrogens is 270 g/mol. The minimum atomic E-state index is -0.795. The van der Waals surface area contributed by atoms with Gasteiger partial charge >= 0.3 is 6.03 Å². The fraction of sp³-hybridized carbons (Fsp3) is 0.467. The fourth-order valence-electron chi connectivity index (χ4n) is 2.21. The van der Waals surface area contributed by atoms with E-state index in [0.29, 0.717) is 18.7 Å². The zero-order valence-corrected chi connectivity index (χ0v) is 12.4. The quantitative estimate of drug-likeness (QED) is 0.772. The van der Waals surface area contributed by atoms with Crippen LogP contribution in [0.15, 0.2) is 24.3 Å². The Hall–Kier alpha value is -2.08. The molecule has 6 nitrogen and oxygen atoms in total. The molecule has 1 fully saturated rings. The maximum Gasteiger partial charge on any atom is 0.325 e. The van der Waals surface area contributed by atoms with Crippen LogP contribution in [0, 0.1) is 0 Å². The molecule has 114 valence electrons. The van der Waals surface area contributed by atoms with Crippen molar-refractivity contribution in [3.05, 3.63) is 29.8 Å². The van der Waals surface area contributed by atoms with E-state index in [9.17, 15) is 9.59 Å². The SMILES string of the molecule is CCC1(C)NC(=O)N(CCOc2cccc(CN)c2)C1=O. The van der Waals surface area contributed by atoms with Crippen LogP contribution in [0.3, 0.4) is 0 Å². The molecule has 3 amide bonds. The van der Waals surface area contributed by atoms with Crippen LogP contribution in [-0.4, -0.2) is 35.5 Å². The molecule has 1 aliphatic heterocycles. The highest BCUT2D eigenvalue weighted by Crippen LogP contribution is 2.20. The first-order valence-corrected chi connectivity index (χ1v) is 7.06. The molecule has 0 aliphatic carbocycles. The zero-order valence-electron chi connectivity index (χ0n) is 12.4. The van der Waals surface area contributed by atoms with E-state index in [4.69, 9.17) is 10.5 Å². The van der Waals surface area contributed by atoms with Gasteiger partial charge in [0.15, 0.2) is 0 Å². The molecule has 0 bridgehead atoms. The van der Waals surface area contributed by atoms with Gasteiger partial charge in [0.25, 0.3) is 5.91 Å². The van der Waals surface area contributed by atoms with Gasteiger partial charge in [0.05, 0.1) is 6.54 Å². The van der Waals surface area contributed by atoms with Gasteiger partial charge in [0.2, 0.25) is 0 Å². The first-order valence-electron chi connectivity index (χ1n) is 7.06. The summed E-state index contributed by atoms with van der Waals surface area (Å²) in [6, 6.07) is 7.09. The summed E-state index contributed by atoms with van der Waals surface area (Å²) >= 11 is 0. The summed E-state index contributed by atoms with van der Waals surface area (Å²) in [5.41, 5.74) is 5.75. The molecule has 0 spiro atoms. The molecule has 21 heavy (non-hydrogen) atoms. The van der Waals surface area contributed by atoms with Gasteiger partial charge in [-0.3, -0.25) is 9.69 Å². The summed E-state index contributed by atoms with van der Waals surface area (Å²) in [6.45, 7) is 4.54. The lowest BCUT2D eigenvalue weighted by Crippen LogP contribution is -2.43. The topological polar surface area (TPSA) is 84.7 Å². The Bertz CT molecular complexity index is 547. The minimum Gasteiger partial charge on any atom is -0.492 e. The molecule has 1 aliphatic rings. The molecular formula is C15H21N3O3. The lowest BCUT2D eigenvalue weighted by Gasteiger charge is -2.19. The maximum atomic E-state index is 12.2. The highest BCUT2D eigenvalue weighted by atomic mass is 16.5. The van der Waals surface area contributed by atoms with Gasteiger partial charge in [-0.2, -0.15) is 0 Å². The number of nitrogens with one attached hydrogen (secondary N) is 1. The van der Waals surface area contributed by atoms with Crippen LogP contribution in [0.5, 0.6) is 5.75 Å². The van der Waals surface area contributed by atoms with E-state index in [1.54, 1.807) is 6.92 Å². The highest BCUT2D eigenvalue weighted by molar-refractivity contribution is 6.06. The molecule has 6 heteroatoms. The number of carbonyl (C=O) groups is 2.